The third-order valence-corrected chi connectivity index (χ3v) is 8.62. The third kappa shape index (κ3) is 9.48. The van der Waals surface area contributed by atoms with Crippen molar-refractivity contribution in [1.82, 2.24) is 10.2 Å². The summed E-state index contributed by atoms with van der Waals surface area (Å²) in [7, 11) is -3.92. The number of carbonyl (C=O) groups is 2. The first-order chi connectivity index (χ1) is 19.3. The van der Waals surface area contributed by atoms with Crippen LogP contribution in [0.15, 0.2) is 48.5 Å². The smallest absolute Gasteiger partial charge is 0.352 e. The molecule has 7 nitrogen and oxygen atoms in total. The molecule has 0 spiro atoms. The van der Waals surface area contributed by atoms with Crippen molar-refractivity contribution in [2.24, 2.45) is 0 Å². The number of alkyl halides is 3. The molecule has 3 rings (SSSR count). The molecule has 11 heteroatoms. The van der Waals surface area contributed by atoms with Gasteiger partial charge in [-0.25, -0.2) is 8.42 Å². The van der Waals surface area contributed by atoms with Crippen molar-refractivity contribution in [3.8, 4) is 0 Å². The van der Waals surface area contributed by atoms with Gasteiger partial charge in [0.25, 0.3) is 0 Å². The van der Waals surface area contributed by atoms with E-state index in [1.165, 1.54) is 11.0 Å². The Bertz CT molecular complexity index is 1280. The number of amides is 2. The van der Waals surface area contributed by atoms with E-state index in [4.69, 9.17) is 0 Å². The molecule has 0 unspecified atom stereocenters. The minimum atomic E-state index is -4.63. The van der Waals surface area contributed by atoms with Crippen molar-refractivity contribution < 1.29 is 31.2 Å². The van der Waals surface area contributed by atoms with E-state index in [1.54, 1.807) is 0 Å². The van der Waals surface area contributed by atoms with E-state index in [1.807, 2.05) is 38.1 Å². The number of nitrogens with zero attached hydrogens (tertiary/aromatic N) is 2. The Balaban J connectivity index is 1.77. The molecule has 41 heavy (non-hydrogen) atoms. The van der Waals surface area contributed by atoms with Crippen LogP contribution < -0.4 is 9.62 Å². The first kappa shape index (κ1) is 32.4. The zero-order valence-corrected chi connectivity index (χ0v) is 24.7. The van der Waals surface area contributed by atoms with Crippen molar-refractivity contribution in [2.45, 2.75) is 90.0 Å². The van der Waals surface area contributed by atoms with Gasteiger partial charge < -0.3 is 10.2 Å². The molecule has 2 aromatic carbocycles. The van der Waals surface area contributed by atoms with Gasteiger partial charge in [0.2, 0.25) is 21.8 Å². The van der Waals surface area contributed by atoms with Gasteiger partial charge >= 0.3 is 6.18 Å². The van der Waals surface area contributed by atoms with E-state index >= 15 is 0 Å². The third-order valence-electron chi connectivity index (χ3n) is 7.42. The summed E-state index contributed by atoms with van der Waals surface area (Å²) in [6, 6.07) is 11.2. The van der Waals surface area contributed by atoms with Crippen LogP contribution in [0.4, 0.5) is 18.9 Å². The van der Waals surface area contributed by atoms with Gasteiger partial charge in [-0.05, 0) is 56.4 Å². The molecular weight excluding hydrogens is 555 g/mol. The largest absolute Gasteiger partial charge is 0.416 e. The van der Waals surface area contributed by atoms with Gasteiger partial charge in [0.05, 0.1) is 17.5 Å². The highest BCUT2D eigenvalue weighted by molar-refractivity contribution is 7.92. The molecule has 0 saturated heterocycles. The number of rotatable bonds is 12. The molecule has 1 saturated carbocycles. The highest BCUT2D eigenvalue weighted by atomic mass is 32.2. The van der Waals surface area contributed by atoms with Crippen LogP contribution in [0.2, 0.25) is 0 Å². The van der Waals surface area contributed by atoms with E-state index in [0.717, 1.165) is 72.0 Å². The molecule has 1 fully saturated rings. The normalized spacial score (nSPS) is 15.3. The lowest BCUT2D eigenvalue weighted by molar-refractivity contribution is -0.141. The maximum atomic E-state index is 13.6. The summed E-state index contributed by atoms with van der Waals surface area (Å²) in [5.41, 5.74) is 0.835. The first-order valence-corrected chi connectivity index (χ1v) is 15.9. The first-order valence-electron chi connectivity index (χ1n) is 14.1. The minimum Gasteiger partial charge on any atom is -0.352 e. The molecule has 0 heterocycles. The van der Waals surface area contributed by atoms with Crippen LogP contribution in [0.3, 0.4) is 0 Å². The zero-order chi connectivity index (χ0) is 30.2. The molecule has 1 N–H and O–H groups in total. The number of halogens is 3. The SMILES string of the molecule is CC[C@H](C(=O)NC1CCCCC1)N(Cc1ccc(C)cc1)C(=O)CCCN(c1cccc(C(F)(F)F)c1)S(C)(=O)=O. The van der Waals surface area contributed by atoms with E-state index in [0.29, 0.717) is 6.42 Å². The molecule has 1 aliphatic carbocycles. The molecule has 1 atom stereocenters. The molecule has 1 aliphatic rings. The lowest BCUT2D eigenvalue weighted by atomic mass is 9.95. The van der Waals surface area contributed by atoms with Crippen molar-refractivity contribution in [1.29, 1.82) is 0 Å². The Labute approximate surface area is 241 Å². The average Bonchev–Trinajstić information content (AvgIpc) is 2.91. The summed E-state index contributed by atoms with van der Waals surface area (Å²) in [6.07, 6.45) is 1.74. The van der Waals surface area contributed by atoms with Crippen LogP contribution in [0.1, 0.15) is 75.0 Å². The zero-order valence-electron chi connectivity index (χ0n) is 23.9. The lowest BCUT2D eigenvalue weighted by Crippen LogP contribution is -2.51. The lowest BCUT2D eigenvalue weighted by Gasteiger charge is -2.33. The monoisotopic (exact) mass is 595 g/mol. The number of anilines is 1. The van der Waals surface area contributed by atoms with Gasteiger partial charge in [-0.3, -0.25) is 13.9 Å². The fourth-order valence-corrected chi connectivity index (χ4v) is 6.15. The predicted molar refractivity (Wildman–Crippen MR) is 154 cm³/mol. The van der Waals surface area contributed by atoms with Gasteiger partial charge in [-0.15, -0.1) is 0 Å². The Morgan fingerprint density at radius 3 is 2.29 bits per heavy atom. The fourth-order valence-electron chi connectivity index (χ4n) is 5.20. The highest BCUT2D eigenvalue weighted by Crippen LogP contribution is 2.32. The molecule has 2 amide bonds. The Kier molecular flexibility index (Phi) is 11.2. The van der Waals surface area contributed by atoms with Crippen LogP contribution in [0, 0.1) is 6.92 Å². The van der Waals surface area contributed by atoms with Gasteiger partial charge in [-0.1, -0.05) is 62.1 Å². The van der Waals surface area contributed by atoms with Crippen molar-refractivity contribution in [2.75, 3.05) is 17.1 Å². The fraction of sp³-hybridized carbons (Fsp3) is 0.533. The molecule has 0 aliphatic heterocycles. The molecule has 0 radical (unpaired) electrons. The molecular formula is C30H40F3N3O4S. The molecule has 0 bridgehead atoms. The summed E-state index contributed by atoms with van der Waals surface area (Å²) in [5.74, 6) is -0.532. The van der Waals surface area contributed by atoms with Gasteiger partial charge in [0.15, 0.2) is 0 Å². The van der Waals surface area contributed by atoms with E-state index in [9.17, 15) is 31.2 Å². The summed E-state index contributed by atoms with van der Waals surface area (Å²) >= 11 is 0. The van der Waals surface area contributed by atoms with Crippen LogP contribution >= 0.6 is 0 Å². The van der Waals surface area contributed by atoms with Crippen molar-refractivity contribution in [3.63, 3.8) is 0 Å². The summed E-state index contributed by atoms with van der Waals surface area (Å²) in [6.45, 7) is 3.82. The second-order valence-corrected chi connectivity index (χ2v) is 12.7. The summed E-state index contributed by atoms with van der Waals surface area (Å²) in [5, 5.41) is 3.12. The van der Waals surface area contributed by atoms with Crippen molar-refractivity contribution >= 4 is 27.5 Å². The van der Waals surface area contributed by atoms with Crippen LogP contribution in [0.25, 0.3) is 0 Å². The van der Waals surface area contributed by atoms with Crippen LogP contribution in [0.5, 0.6) is 0 Å². The minimum absolute atomic E-state index is 0.0627. The summed E-state index contributed by atoms with van der Waals surface area (Å²) in [4.78, 5) is 28.5. The quantitative estimate of drug-likeness (QED) is 0.335. The molecule has 226 valence electrons. The van der Waals surface area contributed by atoms with Gasteiger partial charge in [0, 0.05) is 25.6 Å². The topological polar surface area (TPSA) is 86.8 Å². The number of benzene rings is 2. The van der Waals surface area contributed by atoms with E-state index in [2.05, 4.69) is 5.32 Å². The maximum absolute atomic E-state index is 13.6. The predicted octanol–water partition coefficient (Wildman–Crippen LogP) is 5.82. The van der Waals surface area contributed by atoms with Gasteiger partial charge in [-0.2, -0.15) is 13.2 Å². The number of sulfonamides is 1. The second kappa shape index (κ2) is 14.2. The Morgan fingerprint density at radius 2 is 1.71 bits per heavy atom. The van der Waals surface area contributed by atoms with E-state index < -0.39 is 27.8 Å². The molecule has 2 aromatic rings. The van der Waals surface area contributed by atoms with Crippen molar-refractivity contribution in [3.05, 3.63) is 65.2 Å². The molecule has 0 aromatic heterocycles. The Morgan fingerprint density at radius 1 is 1.05 bits per heavy atom. The number of hydrogen-bond donors (Lipinski definition) is 1. The number of carbonyl (C=O) groups excluding carboxylic acids is 2. The maximum Gasteiger partial charge on any atom is 0.416 e. The standard InChI is InChI=1S/C30H40F3N3O4S/c1-4-27(29(38)34-25-11-6-5-7-12-25)35(21-23-17-15-22(2)16-18-23)28(37)14-9-19-36(41(3,39)40)26-13-8-10-24(20-26)30(31,32)33/h8,10,13,15-18,20,25,27H,4-7,9,11-12,14,19,21H2,1-3H3,(H,34,38)/t27-/m1/s1. The summed E-state index contributed by atoms with van der Waals surface area (Å²) < 4.78 is 65.6. The number of hydrogen-bond acceptors (Lipinski definition) is 4. The van der Waals surface area contributed by atoms with E-state index in [-0.39, 0.29) is 49.5 Å². The van der Waals surface area contributed by atoms with Crippen LogP contribution in [-0.2, 0) is 32.3 Å². The van der Waals surface area contributed by atoms with Crippen LogP contribution in [-0.4, -0.2) is 50.0 Å². The second-order valence-electron chi connectivity index (χ2n) is 10.8. The number of aryl methyl sites for hydroxylation is 1. The highest BCUT2D eigenvalue weighted by Gasteiger charge is 2.32. The Hall–Kier alpha value is -3.08. The average molecular weight is 596 g/mol. The number of nitrogens with one attached hydrogen (secondary N) is 1. The van der Waals surface area contributed by atoms with Gasteiger partial charge in [0.1, 0.15) is 6.04 Å².